The molecule has 0 atom stereocenters. The van der Waals surface area contributed by atoms with Gasteiger partial charge in [-0.15, -0.1) is 0 Å². The molecule has 0 saturated heterocycles. The first-order chi connectivity index (χ1) is 9.38. The average Bonchev–Trinajstić information content (AvgIpc) is 2.46. The molecule has 0 aromatic heterocycles. The maximum absolute atomic E-state index is 9.22. The van der Waals surface area contributed by atoms with Gasteiger partial charge in [0.1, 0.15) is 0 Å². The van der Waals surface area contributed by atoms with E-state index < -0.39 is 0 Å². The maximum Gasteiger partial charge on any atom is 0.0471 e. The molecule has 92 valence electrons. The third-order valence-electron chi connectivity index (χ3n) is 4.00. The molecule has 0 fully saturated rings. The zero-order valence-corrected chi connectivity index (χ0v) is 10.6. The molecular weight excluding hydrogens is 232 g/mol. The van der Waals surface area contributed by atoms with Crippen molar-refractivity contribution in [2.24, 2.45) is 0 Å². The highest BCUT2D eigenvalue weighted by atomic mass is 16.2. The van der Waals surface area contributed by atoms with Crippen LogP contribution in [0.3, 0.4) is 0 Å². The largest absolute Gasteiger partial charge is 0.396 e. The highest BCUT2D eigenvalue weighted by Gasteiger charge is 2.09. The SMILES string of the molecule is OCCc1ccc2ccc3cccc4ccc1c2c34. The van der Waals surface area contributed by atoms with Gasteiger partial charge in [-0.2, -0.15) is 0 Å². The van der Waals surface area contributed by atoms with E-state index in [2.05, 4.69) is 54.6 Å². The van der Waals surface area contributed by atoms with Gasteiger partial charge in [-0.3, -0.25) is 0 Å². The predicted molar refractivity (Wildman–Crippen MR) is 80.9 cm³/mol. The minimum absolute atomic E-state index is 0.198. The predicted octanol–water partition coefficient (Wildman–Crippen LogP) is 4.12. The van der Waals surface area contributed by atoms with Gasteiger partial charge in [-0.05, 0) is 44.3 Å². The summed E-state index contributed by atoms with van der Waals surface area (Å²) in [6.07, 6.45) is 0.716. The molecule has 0 spiro atoms. The maximum atomic E-state index is 9.22. The molecule has 1 heteroatoms. The van der Waals surface area contributed by atoms with Crippen molar-refractivity contribution in [1.82, 2.24) is 0 Å². The number of aliphatic hydroxyl groups is 1. The fraction of sp³-hybridized carbons (Fsp3) is 0.111. The highest BCUT2D eigenvalue weighted by Crippen LogP contribution is 2.35. The molecule has 0 unspecified atom stereocenters. The van der Waals surface area contributed by atoms with Crippen molar-refractivity contribution in [3.05, 3.63) is 60.2 Å². The Morgan fingerprint density at radius 1 is 0.684 bits per heavy atom. The number of benzene rings is 4. The van der Waals surface area contributed by atoms with Crippen molar-refractivity contribution in [1.29, 1.82) is 0 Å². The zero-order chi connectivity index (χ0) is 12.8. The third kappa shape index (κ3) is 1.45. The average molecular weight is 246 g/mol. The summed E-state index contributed by atoms with van der Waals surface area (Å²) >= 11 is 0. The van der Waals surface area contributed by atoms with Crippen LogP contribution in [-0.4, -0.2) is 11.7 Å². The van der Waals surface area contributed by atoms with Crippen LogP contribution in [0.4, 0.5) is 0 Å². The third-order valence-corrected chi connectivity index (χ3v) is 4.00. The van der Waals surface area contributed by atoms with Crippen molar-refractivity contribution < 1.29 is 5.11 Å². The van der Waals surface area contributed by atoms with E-state index in [4.69, 9.17) is 0 Å². The molecule has 19 heavy (non-hydrogen) atoms. The number of hydrogen-bond acceptors (Lipinski definition) is 1. The van der Waals surface area contributed by atoms with Crippen molar-refractivity contribution in [3.63, 3.8) is 0 Å². The van der Waals surface area contributed by atoms with Gasteiger partial charge in [0, 0.05) is 6.61 Å². The lowest BCUT2D eigenvalue weighted by atomic mass is 9.91. The van der Waals surface area contributed by atoms with Crippen molar-refractivity contribution in [3.8, 4) is 0 Å². The Kier molecular flexibility index (Phi) is 2.23. The summed E-state index contributed by atoms with van der Waals surface area (Å²) in [6, 6.07) is 19.5. The van der Waals surface area contributed by atoms with E-state index in [0.717, 1.165) is 0 Å². The molecule has 1 nitrogen and oxygen atoms in total. The van der Waals surface area contributed by atoms with Crippen molar-refractivity contribution >= 4 is 32.3 Å². The van der Waals surface area contributed by atoms with Gasteiger partial charge in [0.05, 0.1) is 0 Å². The number of aliphatic hydroxyl groups excluding tert-OH is 1. The van der Waals surface area contributed by atoms with Crippen LogP contribution in [0, 0.1) is 0 Å². The van der Waals surface area contributed by atoms with E-state index in [1.165, 1.54) is 37.9 Å². The first kappa shape index (κ1) is 10.8. The second kappa shape index (κ2) is 3.94. The molecule has 0 heterocycles. The van der Waals surface area contributed by atoms with Crippen LogP contribution in [0.15, 0.2) is 54.6 Å². The molecule has 0 aliphatic heterocycles. The lowest BCUT2D eigenvalue weighted by Gasteiger charge is -2.13. The van der Waals surface area contributed by atoms with Crippen LogP contribution in [0.5, 0.6) is 0 Å². The van der Waals surface area contributed by atoms with Crippen LogP contribution in [0.2, 0.25) is 0 Å². The second-order valence-corrected chi connectivity index (χ2v) is 5.05. The Morgan fingerprint density at radius 3 is 2.05 bits per heavy atom. The molecule has 4 aromatic rings. The van der Waals surface area contributed by atoms with Gasteiger partial charge >= 0.3 is 0 Å². The molecule has 4 aromatic carbocycles. The van der Waals surface area contributed by atoms with Crippen LogP contribution in [-0.2, 0) is 6.42 Å². The summed E-state index contributed by atoms with van der Waals surface area (Å²) in [5.74, 6) is 0. The van der Waals surface area contributed by atoms with Gasteiger partial charge in [-0.1, -0.05) is 54.6 Å². The molecule has 0 radical (unpaired) electrons. The molecule has 0 aliphatic carbocycles. The normalized spacial score (nSPS) is 11.8. The first-order valence-corrected chi connectivity index (χ1v) is 6.65. The molecule has 1 N–H and O–H groups in total. The number of rotatable bonds is 2. The van der Waals surface area contributed by atoms with Crippen molar-refractivity contribution in [2.75, 3.05) is 6.61 Å². The Labute approximate surface area is 111 Å². The van der Waals surface area contributed by atoms with Crippen LogP contribution in [0.1, 0.15) is 5.56 Å². The standard InChI is InChI=1S/C18H14O/c19-11-10-12-4-5-15-7-6-13-2-1-3-14-8-9-16(12)18(15)17(13)14/h1-9,19H,10-11H2. The summed E-state index contributed by atoms with van der Waals surface area (Å²) in [5, 5.41) is 17.0. The quantitative estimate of drug-likeness (QED) is 0.527. The zero-order valence-electron chi connectivity index (χ0n) is 10.6. The highest BCUT2D eigenvalue weighted by molar-refractivity contribution is 6.23. The first-order valence-electron chi connectivity index (χ1n) is 6.65. The lowest BCUT2D eigenvalue weighted by molar-refractivity contribution is 0.300. The monoisotopic (exact) mass is 246 g/mol. The molecule has 4 rings (SSSR count). The Morgan fingerprint density at radius 2 is 1.32 bits per heavy atom. The fourth-order valence-electron chi connectivity index (χ4n) is 3.13. The van der Waals surface area contributed by atoms with E-state index in [9.17, 15) is 5.11 Å². The van der Waals surface area contributed by atoms with E-state index in [1.807, 2.05) is 0 Å². The van der Waals surface area contributed by atoms with Gasteiger partial charge in [0.25, 0.3) is 0 Å². The summed E-state index contributed by atoms with van der Waals surface area (Å²) in [6.45, 7) is 0.198. The van der Waals surface area contributed by atoms with Crippen LogP contribution >= 0.6 is 0 Å². The second-order valence-electron chi connectivity index (χ2n) is 5.05. The Balaban J connectivity index is 2.28. The van der Waals surface area contributed by atoms with Crippen LogP contribution < -0.4 is 0 Å². The minimum Gasteiger partial charge on any atom is -0.396 e. The van der Waals surface area contributed by atoms with E-state index in [0.29, 0.717) is 6.42 Å². The lowest BCUT2D eigenvalue weighted by Crippen LogP contribution is -1.93. The fourth-order valence-corrected chi connectivity index (χ4v) is 3.13. The van der Waals surface area contributed by atoms with Gasteiger partial charge in [0.2, 0.25) is 0 Å². The van der Waals surface area contributed by atoms with E-state index in [1.54, 1.807) is 0 Å². The van der Waals surface area contributed by atoms with E-state index >= 15 is 0 Å². The molecular formula is C18H14O. The Hall–Kier alpha value is -2.12. The van der Waals surface area contributed by atoms with Crippen LogP contribution in [0.25, 0.3) is 32.3 Å². The topological polar surface area (TPSA) is 20.2 Å². The summed E-state index contributed by atoms with van der Waals surface area (Å²) < 4.78 is 0. The smallest absolute Gasteiger partial charge is 0.0471 e. The summed E-state index contributed by atoms with van der Waals surface area (Å²) in [7, 11) is 0. The van der Waals surface area contributed by atoms with E-state index in [-0.39, 0.29) is 6.61 Å². The summed E-state index contributed by atoms with van der Waals surface area (Å²) in [5.41, 5.74) is 1.23. The minimum atomic E-state index is 0.198. The van der Waals surface area contributed by atoms with Gasteiger partial charge in [0.15, 0.2) is 0 Å². The molecule has 0 aliphatic rings. The molecule has 0 amide bonds. The van der Waals surface area contributed by atoms with Gasteiger partial charge < -0.3 is 5.11 Å². The Bertz CT molecular complexity index is 861. The molecule has 0 saturated carbocycles. The molecule has 0 bridgehead atoms. The van der Waals surface area contributed by atoms with Crippen molar-refractivity contribution in [2.45, 2.75) is 6.42 Å². The van der Waals surface area contributed by atoms with Gasteiger partial charge in [-0.25, -0.2) is 0 Å². The number of hydrogen-bond donors (Lipinski definition) is 1. The summed E-state index contributed by atoms with van der Waals surface area (Å²) in [4.78, 5) is 0.